The molecule has 326 valence electrons. The number of fused-ring (bicyclic) bond motifs is 2. The number of ether oxygens (including phenoxy) is 3. The van der Waals surface area contributed by atoms with Crippen molar-refractivity contribution in [2.24, 2.45) is 5.16 Å². The van der Waals surface area contributed by atoms with E-state index >= 15 is 0 Å². The molecule has 0 bridgehead atoms. The third kappa shape index (κ3) is 10.7. The number of aryl methyl sites for hydroxylation is 1. The molecule has 6 rings (SSSR count). The van der Waals surface area contributed by atoms with Crippen LogP contribution in [0.2, 0.25) is 4.34 Å². The van der Waals surface area contributed by atoms with Gasteiger partial charge in [-0.2, -0.15) is 4.57 Å². The first-order valence-corrected chi connectivity index (χ1v) is 21.6. The Kier molecular flexibility index (Phi) is 14.8. The minimum atomic E-state index is -1.37. The molecule has 3 atom stereocenters. The summed E-state index contributed by atoms with van der Waals surface area (Å²) in [6.07, 6.45) is 2.67. The average Bonchev–Trinajstić information content (AvgIpc) is 3.83. The molecule has 3 N–H and O–H groups in total. The van der Waals surface area contributed by atoms with E-state index < -0.39 is 58.7 Å². The number of halogens is 1. The van der Waals surface area contributed by atoms with E-state index in [1.54, 1.807) is 52.1 Å². The molecule has 2 aliphatic rings. The molecule has 2 unspecified atom stereocenters. The van der Waals surface area contributed by atoms with Crippen LogP contribution in [-0.2, 0) is 57.8 Å². The van der Waals surface area contributed by atoms with Gasteiger partial charge >= 0.3 is 26.1 Å². The molecule has 62 heavy (non-hydrogen) atoms. The Labute approximate surface area is 371 Å². The lowest BCUT2D eigenvalue weighted by Crippen LogP contribution is -2.71. The zero-order valence-corrected chi connectivity index (χ0v) is 37.2. The average molecular weight is 908 g/mol. The fourth-order valence-electron chi connectivity index (χ4n) is 6.48. The maximum atomic E-state index is 14.2. The topological polar surface area (TPSA) is 205 Å². The highest BCUT2D eigenvalue weighted by atomic mass is 35.5. The number of carbonyl (C=O) groups excluding carboxylic acids is 5. The summed E-state index contributed by atoms with van der Waals surface area (Å²) in [6.45, 7) is 8.18. The number of thiazole rings is 1. The number of nitrogens with zero attached hydrogens (tertiary/aromatic N) is 5. The third-order valence-electron chi connectivity index (χ3n) is 9.44. The van der Waals surface area contributed by atoms with Crippen LogP contribution in [0.1, 0.15) is 45.4 Å². The summed E-state index contributed by atoms with van der Waals surface area (Å²) >= 11 is 8.65. The molecule has 1 fully saturated rings. The standard InChI is InChI=1S/C40H44BClN8O10S2/c1-22(36(53)59-41)60-47-29(28-32(42)62-38(45-28)46-39(55)58-40(2,3)4)33(51)44-30-34(52)50-31(37(54)57-20-23-10-12-25(56-6)13-11-23)24(21-61-35(30)50)19-49-16-7-9-26-27(49)14-18-48(26)17-8-15-43-5/h7,9-14,16,18,22,30,35,43H,8,15,17,19-21H2,1-6H3,(H-,44,45,46,51,55)/p+1/t22-,30?,35?/m1/s1. The predicted molar refractivity (Wildman–Crippen MR) is 231 cm³/mol. The van der Waals surface area contributed by atoms with Crippen LogP contribution < -0.4 is 25.3 Å². The van der Waals surface area contributed by atoms with Crippen molar-refractivity contribution >= 4 is 94.5 Å². The molecule has 1 saturated heterocycles. The molecule has 5 heterocycles. The van der Waals surface area contributed by atoms with Crippen molar-refractivity contribution in [3.63, 3.8) is 0 Å². The molecular weight excluding hydrogens is 863 g/mol. The number of nitrogens with one attached hydrogen (secondary N) is 3. The number of aromatic nitrogens is 3. The second-order valence-corrected chi connectivity index (χ2v) is 17.7. The third-order valence-corrected chi connectivity index (χ3v) is 11.9. The molecule has 0 aliphatic carbocycles. The quantitative estimate of drug-likeness (QED) is 0.0263. The van der Waals surface area contributed by atoms with E-state index in [4.69, 9.17) is 38.7 Å². The first kappa shape index (κ1) is 45.9. The smallest absolute Gasteiger partial charge is 0.413 e. The van der Waals surface area contributed by atoms with Gasteiger partial charge in [0.25, 0.3) is 11.8 Å². The van der Waals surface area contributed by atoms with Gasteiger partial charge in [-0.25, -0.2) is 19.4 Å². The van der Waals surface area contributed by atoms with Crippen molar-refractivity contribution in [3.05, 3.63) is 81.7 Å². The maximum Gasteiger partial charge on any atom is 0.413 e. The van der Waals surface area contributed by atoms with Gasteiger partial charge in [-0.15, -0.1) is 11.8 Å². The van der Waals surface area contributed by atoms with E-state index in [2.05, 4.69) is 35.3 Å². The zero-order chi connectivity index (χ0) is 44.7. The van der Waals surface area contributed by atoms with Crippen LogP contribution >= 0.6 is 34.7 Å². The lowest BCUT2D eigenvalue weighted by Gasteiger charge is -2.49. The van der Waals surface area contributed by atoms with Gasteiger partial charge in [-0.3, -0.25) is 19.8 Å². The van der Waals surface area contributed by atoms with Gasteiger partial charge in [0.15, 0.2) is 23.6 Å². The molecule has 4 aromatic rings. The monoisotopic (exact) mass is 907 g/mol. The van der Waals surface area contributed by atoms with E-state index in [9.17, 15) is 24.0 Å². The number of benzene rings is 1. The van der Waals surface area contributed by atoms with Crippen molar-refractivity contribution in [2.45, 2.75) is 76.9 Å². The van der Waals surface area contributed by atoms with Gasteiger partial charge in [0.05, 0.1) is 7.11 Å². The summed E-state index contributed by atoms with van der Waals surface area (Å²) in [4.78, 5) is 77.7. The van der Waals surface area contributed by atoms with E-state index in [-0.39, 0.29) is 34.0 Å². The van der Waals surface area contributed by atoms with Crippen LogP contribution in [0.25, 0.3) is 11.0 Å². The molecule has 0 spiro atoms. The molecule has 3 aromatic heterocycles. The first-order valence-electron chi connectivity index (χ1n) is 19.3. The molecule has 3 amide bonds. The number of methoxy groups -OCH3 is 1. The summed E-state index contributed by atoms with van der Waals surface area (Å²) in [7, 11) is 8.46. The number of pyridine rings is 1. The number of hydrogen-bond donors (Lipinski definition) is 3. The normalized spacial score (nSPS) is 16.9. The second kappa shape index (κ2) is 20.0. The fraction of sp³-hybridized carbons (Fsp3) is 0.400. The zero-order valence-electron chi connectivity index (χ0n) is 34.8. The molecule has 22 heteroatoms. The van der Waals surface area contributed by atoms with Gasteiger partial charge < -0.3 is 38.9 Å². The number of β-lactam (4-membered cyclic amide) rings is 1. The SMILES string of the molecule is [B]OC(=O)[C@@H](C)ON=C(C(=O)NC1C(=O)N2C(C(=O)OCc3ccc(OC)cc3)=C(C[n+]3cccc4c3ccn4CCCNC)CSC12)c1nc(NC(=O)OC(C)(C)C)sc1Cl. The Morgan fingerprint density at radius 2 is 1.90 bits per heavy atom. The number of amides is 3. The molecule has 0 saturated carbocycles. The number of thioether (sulfide) groups is 1. The van der Waals surface area contributed by atoms with Gasteiger partial charge in [0, 0.05) is 36.2 Å². The number of hydrogen-bond acceptors (Lipinski definition) is 15. The molecule has 2 radical (unpaired) electrons. The maximum absolute atomic E-state index is 14.2. The van der Waals surface area contributed by atoms with Crippen LogP contribution in [0.15, 0.2) is 71.3 Å². The van der Waals surface area contributed by atoms with Crippen molar-refractivity contribution in [2.75, 3.05) is 31.8 Å². The van der Waals surface area contributed by atoms with E-state index in [0.29, 0.717) is 22.6 Å². The van der Waals surface area contributed by atoms with Gasteiger partial charge in [0.2, 0.25) is 11.6 Å². The summed E-state index contributed by atoms with van der Waals surface area (Å²) in [5, 5.41) is 11.4. The summed E-state index contributed by atoms with van der Waals surface area (Å²) in [5.41, 5.74) is 1.77. The minimum absolute atomic E-state index is 0.0442. The van der Waals surface area contributed by atoms with Gasteiger partial charge in [0.1, 0.15) is 50.6 Å². The number of oxime groups is 1. The Hall–Kier alpha value is -5.64. The van der Waals surface area contributed by atoms with E-state index in [0.717, 1.165) is 41.9 Å². The first-order chi connectivity index (χ1) is 29.6. The number of anilines is 1. The van der Waals surface area contributed by atoms with Crippen molar-refractivity contribution < 1.29 is 52.2 Å². The highest BCUT2D eigenvalue weighted by Crippen LogP contribution is 2.41. The number of carbonyl (C=O) groups is 5. The van der Waals surface area contributed by atoms with E-state index in [1.807, 2.05) is 42.2 Å². The highest BCUT2D eigenvalue weighted by Gasteiger charge is 2.55. The van der Waals surface area contributed by atoms with Crippen molar-refractivity contribution in [3.8, 4) is 5.75 Å². The summed E-state index contributed by atoms with van der Waals surface area (Å²) in [5.74, 6) is -2.33. The van der Waals surface area contributed by atoms with E-state index in [1.165, 1.54) is 23.6 Å². The van der Waals surface area contributed by atoms with Crippen LogP contribution in [-0.4, -0.2) is 108 Å². The Bertz CT molecular complexity index is 2400. The Morgan fingerprint density at radius 1 is 1.15 bits per heavy atom. The molecule has 18 nitrogen and oxygen atoms in total. The lowest BCUT2D eigenvalue weighted by atomic mass is 10.0. The van der Waals surface area contributed by atoms with Crippen LogP contribution in [0.3, 0.4) is 0 Å². The second-order valence-electron chi connectivity index (χ2n) is 15.0. The van der Waals surface area contributed by atoms with Crippen LogP contribution in [0.5, 0.6) is 5.75 Å². The molecule has 1 aromatic carbocycles. The molecule has 2 aliphatic heterocycles. The van der Waals surface area contributed by atoms with Gasteiger partial charge in [-0.05, 0) is 71.5 Å². The Balaban J connectivity index is 1.28. The largest absolute Gasteiger partial charge is 0.541 e. The van der Waals surface area contributed by atoms with Crippen molar-refractivity contribution in [1.82, 2.24) is 25.1 Å². The minimum Gasteiger partial charge on any atom is -0.541 e. The highest BCUT2D eigenvalue weighted by molar-refractivity contribution is 8.00. The number of esters is 1. The predicted octanol–water partition coefficient (Wildman–Crippen LogP) is 3.84. The van der Waals surface area contributed by atoms with Crippen molar-refractivity contribution in [1.29, 1.82) is 0 Å². The van der Waals surface area contributed by atoms with Gasteiger partial charge in [-0.1, -0.05) is 40.2 Å². The lowest BCUT2D eigenvalue weighted by molar-refractivity contribution is -0.663. The molecular formula is C40H45BClN8O10S2+. The summed E-state index contributed by atoms with van der Waals surface area (Å²) < 4.78 is 24.7. The van der Waals surface area contributed by atoms with Crippen LogP contribution in [0, 0.1) is 0 Å². The Morgan fingerprint density at radius 3 is 2.60 bits per heavy atom. The fourth-order valence-corrected chi connectivity index (χ4v) is 8.84. The summed E-state index contributed by atoms with van der Waals surface area (Å²) in [6, 6.07) is 11.9. The van der Waals surface area contributed by atoms with Crippen LogP contribution in [0.4, 0.5) is 9.93 Å². The number of rotatable bonds is 17.